The topological polar surface area (TPSA) is 63.4 Å². The molecule has 0 amide bonds. The standard InChI is InChI=1S/C13H18ClFN2O2S.ClH/c1-13(2)8-17(7-6-11(13)16)20(18,19)12-9(14)4-3-5-10(12)15;/h3-5,11H,6-8,16H2,1-2H3;1H. The number of hydrogen-bond acceptors (Lipinski definition) is 3. The van der Waals surface area contributed by atoms with Crippen molar-refractivity contribution >= 4 is 34.0 Å². The number of hydrogen-bond donors (Lipinski definition) is 1. The third kappa shape index (κ3) is 3.51. The maximum atomic E-state index is 13.9. The fraction of sp³-hybridized carbons (Fsp3) is 0.538. The average molecular weight is 357 g/mol. The zero-order valence-electron chi connectivity index (χ0n) is 11.8. The molecule has 1 unspecified atom stereocenters. The van der Waals surface area contributed by atoms with Crippen molar-refractivity contribution in [1.29, 1.82) is 0 Å². The first kappa shape index (κ1) is 18.6. The van der Waals surface area contributed by atoms with Crippen LogP contribution < -0.4 is 5.73 Å². The Kier molecular flexibility index (Phi) is 5.67. The van der Waals surface area contributed by atoms with Crippen molar-refractivity contribution in [3.8, 4) is 0 Å². The maximum Gasteiger partial charge on any atom is 0.247 e. The first-order chi connectivity index (χ1) is 9.16. The van der Waals surface area contributed by atoms with Gasteiger partial charge in [-0.2, -0.15) is 4.31 Å². The van der Waals surface area contributed by atoms with E-state index in [1.54, 1.807) is 0 Å². The molecule has 1 saturated heterocycles. The maximum absolute atomic E-state index is 13.9. The van der Waals surface area contributed by atoms with Crippen LogP contribution in [-0.4, -0.2) is 31.9 Å². The molecule has 2 N–H and O–H groups in total. The Morgan fingerprint density at radius 3 is 2.57 bits per heavy atom. The van der Waals surface area contributed by atoms with E-state index in [-0.39, 0.29) is 42.0 Å². The van der Waals surface area contributed by atoms with Gasteiger partial charge in [-0.1, -0.05) is 31.5 Å². The third-order valence-corrected chi connectivity index (χ3v) is 6.14. The van der Waals surface area contributed by atoms with Gasteiger partial charge in [0.1, 0.15) is 10.7 Å². The molecule has 2 rings (SSSR count). The van der Waals surface area contributed by atoms with E-state index >= 15 is 0 Å². The molecule has 0 aliphatic carbocycles. The van der Waals surface area contributed by atoms with Gasteiger partial charge in [-0.05, 0) is 24.0 Å². The molecule has 1 aliphatic rings. The molecule has 0 saturated carbocycles. The normalized spacial score (nSPS) is 22.6. The fourth-order valence-corrected chi connectivity index (χ4v) is 4.58. The lowest BCUT2D eigenvalue weighted by Crippen LogP contribution is -2.53. The van der Waals surface area contributed by atoms with Crippen LogP contribution in [0, 0.1) is 11.2 Å². The number of sulfonamides is 1. The zero-order chi connectivity index (χ0) is 15.1. The van der Waals surface area contributed by atoms with Crippen molar-refractivity contribution < 1.29 is 12.8 Å². The molecule has 1 atom stereocenters. The van der Waals surface area contributed by atoms with E-state index in [1.807, 2.05) is 13.8 Å². The summed E-state index contributed by atoms with van der Waals surface area (Å²) in [5, 5.41) is -0.0994. The first-order valence-corrected chi connectivity index (χ1v) is 8.18. The van der Waals surface area contributed by atoms with E-state index in [0.717, 1.165) is 6.07 Å². The second-order valence-corrected chi connectivity index (χ2v) is 8.06. The van der Waals surface area contributed by atoms with Gasteiger partial charge in [0.05, 0.1) is 5.02 Å². The van der Waals surface area contributed by atoms with Crippen molar-refractivity contribution in [3.63, 3.8) is 0 Å². The average Bonchev–Trinajstić information content (AvgIpc) is 2.32. The number of benzene rings is 1. The van der Waals surface area contributed by atoms with Crippen molar-refractivity contribution in [3.05, 3.63) is 29.0 Å². The number of halogens is 3. The quantitative estimate of drug-likeness (QED) is 0.885. The predicted molar refractivity (Wildman–Crippen MR) is 83.8 cm³/mol. The molecule has 1 aliphatic heterocycles. The van der Waals surface area contributed by atoms with Gasteiger partial charge in [-0.15, -0.1) is 12.4 Å². The third-order valence-electron chi connectivity index (χ3n) is 3.79. The first-order valence-electron chi connectivity index (χ1n) is 6.36. The SMILES string of the molecule is CC1(C)CN(S(=O)(=O)c2c(F)cccc2Cl)CCC1N.Cl. The minimum atomic E-state index is -3.95. The number of rotatable bonds is 2. The highest BCUT2D eigenvalue weighted by Crippen LogP contribution is 2.34. The zero-order valence-corrected chi connectivity index (χ0v) is 14.2. The summed E-state index contributed by atoms with van der Waals surface area (Å²) >= 11 is 5.86. The summed E-state index contributed by atoms with van der Waals surface area (Å²) in [7, 11) is -3.95. The Morgan fingerprint density at radius 1 is 1.43 bits per heavy atom. The van der Waals surface area contributed by atoms with E-state index in [4.69, 9.17) is 17.3 Å². The van der Waals surface area contributed by atoms with Gasteiger partial charge in [-0.3, -0.25) is 0 Å². The van der Waals surface area contributed by atoms with E-state index < -0.39 is 20.7 Å². The molecular formula is C13H19Cl2FN2O2S. The van der Waals surface area contributed by atoms with Crippen LogP contribution in [0.3, 0.4) is 0 Å². The number of piperidine rings is 1. The van der Waals surface area contributed by atoms with Gasteiger partial charge >= 0.3 is 0 Å². The second kappa shape index (κ2) is 6.38. The summed E-state index contributed by atoms with van der Waals surface area (Å²) in [5.41, 5.74) is 5.64. The summed E-state index contributed by atoms with van der Waals surface area (Å²) in [6.45, 7) is 4.34. The largest absolute Gasteiger partial charge is 0.327 e. The van der Waals surface area contributed by atoms with E-state index in [0.29, 0.717) is 6.42 Å². The summed E-state index contributed by atoms with van der Waals surface area (Å²) < 4.78 is 40.3. The predicted octanol–water partition coefficient (Wildman–Crippen LogP) is 2.65. The smallest absolute Gasteiger partial charge is 0.247 e. The lowest BCUT2D eigenvalue weighted by Gasteiger charge is -2.41. The Balaban J connectivity index is 0.00000220. The van der Waals surface area contributed by atoms with Gasteiger partial charge in [0.25, 0.3) is 0 Å². The van der Waals surface area contributed by atoms with E-state index in [2.05, 4.69) is 0 Å². The van der Waals surface area contributed by atoms with Crippen LogP contribution in [0.15, 0.2) is 23.1 Å². The summed E-state index contributed by atoms with van der Waals surface area (Å²) in [4.78, 5) is -0.451. The summed E-state index contributed by atoms with van der Waals surface area (Å²) in [6.07, 6.45) is 0.540. The number of nitrogens with two attached hydrogens (primary N) is 1. The van der Waals surface area contributed by atoms with E-state index in [1.165, 1.54) is 16.4 Å². The monoisotopic (exact) mass is 356 g/mol. The van der Waals surface area contributed by atoms with Gasteiger partial charge in [0.15, 0.2) is 0 Å². The van der Waals surface area contributed by atoms with Gasteiger partial charge < -0.3 is 5.73 Å². The Labute approximate surface area is 135 Å². The molecule has 0 radical (unpaired) electrons. The molecule has 4 nitrogen and oxygen atoms in total. The van der Waals surface area contributed by atoms with Gasteiger partial charge in [0.2, 0.25) is 10.0 Å². The highest BCUT2D eigenvalue weighted by molar-refractivity contribution is 7.89. The van der Waals surface area contributed by atoms with Gasteiger partial charge in [-0.25, -0.2) is 12.8 Å². The number of nitrogens with zero attached hydrogens (tertiary/aromatic N) is 1. The van der Waals surface area contributed by atoms with Crippen LogP contribution in [0.1, 0.15) is 20.3 Å². The minimum absolute atomic E-state index is 0. The minimum Gasteiger partial charge on any atom is -0.327 e. The second-order valence-electron chi connectivity index (χ2n) is 5.77. The molecule has 1 aromatic rings. The van der Waals surface area contributed by atoms with Crippen LogP contribution in [0.4, 0.5) is 4.39 Å². The molecule has 1 heterocycles. The lowest BCUT2D eigenvalue weighted by atomic mass is 9.81. The molecule has 0 aromatic heterocycles. The van der Waals surface area contributed by atoms with Crippen LogP contribution in [-0.2, 0) is 10.0 Å². The Bertz CT molecular complexity index is 602. The molecule has 1 fully saturated rings. The van der Waals surface area contributed by atoms with Crippen LogP contribution >= 0.6 is 24.0 Å². The lowest BCUT2D eigenvalue weighted by molar-refractivity contribution is 0.155. The molecular weight excluding hydrogens is 338 g/mol. The highest BCUT2D eigenvalue weighted by Gasteiger charge is 2.40. The molecule has 1 aromatic carbocycles. The van der Waals surface area contributed by atoms with Crippen molar-refractivity contribution in [2.45, 2.75) is 31.2 Å². The summed E-state index contributed by atoms with van der Waals surface area (Å²) in [6, 6.07) is 3.77. The van der Waals surface area contributed by atoms with Crippen molar-refractivity contribution in [2.75, 3.05) is 13.1 Å². The Morgan fingerprint density at radius 2 is 2.05 bits per heavy atom. The van der Waals surface area contributed by atoms with Gasteiger partial charge in [0, 0.05) is 19.1 Å². The van der Waals surface area contributed by atoms with Crippen LogP contribution in [0.2, 0.25) is 5.02 Å². The van der Waals surface area contributed by atoms with Crippen LogP contribution in [0.25, 0.3) is 0 Å². The van der Waals surface area contributed by atoms with Crippen LogP contribution in [0.5, 0.6) is 0 Å². The highest BCUT2D eigenvalue weighted by atomic mass is 35.5. The molecule has 8 heteroatoms. The molecule has 0 bridgehead atoms. The summed E-state index contributed by atoms with van der Waals surface area (Å²) in [5.74, 6) is -0.829. The van der Waals surface area contributed by atoms with Crippen molar-refractivity contribution in [2.24, 2.45) is 11.1 Å². The van der Waals surface area contributed by atoms with E-state index in [9.17, 15) is 12.8 Å². The molecule has 21 heavy (non-hydrogen) atoms. The molecule has 0 spiro atoms. The molecule has 120 valence electrons. The fourth-order valence-electron chi connectivity index (χ4n) is 2.39. The Hall–Kier alpha value is -0.400. The van der Waals surface area contributed by atoms with Crippen molar-refractivity contribution in [1.82, 2.24) is 4.31 Å².